The molecule has 0 heterocycles. The molecule has 11 heteroatoms. The van der Waals surface area contributed by atoms with Crippen LogP contribution < -0.4 is 10.6 Å². The Bertz CT molecular complexity index is 1220. The third-order valence-corrected chi connectivity index (χ3v) is 7.95. The van der Waals surface area contributed by atoms with Crippen LogP contribution in [-0.2, 0) is 20.8 Å². The Labute approximate surface area is 209 Å². The average Bonchev–Trinajstić information content (AvgIpc) is 2.72. The van der Waals surface area contributed by atoms with Gasteiger partial charge in [0.25, 0.3) is 5.91 Å². The van der Waals surface area contributed by atoms with Crippen molar-refractivity contribution < 1.29 is 34.8 Å². The molecule has 0 aliphatic heterocycles. The van der Waals surface area contributed by atoms with E-state index < -0.39 is 58.0 Å². The molecule has 3 aliphatic carbocycles. The Morgan fingerprint density at radius 3 is 2.32 bits per heavy atom. The van der Waals surface area contributed by atoms with Gasteiger partial charge in [0.1, 0.15) is 22.8 Å². The van der Waals surface area contributed by atoms with Crippen molar-refractivity contribution in [2.75, 3.05) is 33.1 Å². The van der Waals surface area contributed by atoms with Crippen molar-refractivity contribution in [2.45, 2.75) is 24.5 Å². The number of Topliss-reactive ketones (excluding diaryl/α,β-unsaturated/α-hetero) is 2. The summed E-state index contributed by atoms with van der Waals surface area (Å²) in [5.41, 5.74) is 3.18. The zero-order chi connectivity index (χ0) is 25.4. The SMILES string of the molecule is CN(C)c1cc(I)c(O)c2c1C[C@@H]1C[C@@H]3[C@@H](N(C)C)C(=O)C(C(N)=O)=C(O)[C@]3(O)C(=O)C1=C2O. The summed E-state index contributed by atoms with van der Waals surface area (Å²) in [4.78, 5) is 42.2. The molecule has 6 N–H and O–H groups in total. The van der Waals surface area contributed by atoms with E-state index in [1.807, 2.05) is 41.6 Å². The molecule has 3 aliphatic rings. The standard InChI is InChI=1S/C23H26IN3O7/c1-26(2)12-7-11(24)17(28)14-9(12)5-8-6-10-16(27(3)4)19(30)15(22(25)33)21(32)23(10,34)20(31)13(8)18(14)29/h7-8,10,16,28-29,32,34H,5-6H2,1-4H3,(H2,25,33)/t8-,10-,16-,23-/m1/s1. The molecular weight excluding hydrogens is 557 g/mol. The van der Waals surface area contributed by atoms with Crippen molar-refractivity contribution in [3.8, 4) is 5.75 Å². The molecule has 4 rings (SSSR count). The Morgan fingerprint density at radius 1 is 1.18 bits per heavy atom. The van der Waals surface area contributed by atoms with Crippen LogP contribution in [0, 0.1) is 15.4 Å². The van der Waals surface area contributed by atoms with Gasteiger partial charge in [0.15, 0.2) is 11.4 Å². The van der Waals surface area contributed by atoms with E-state index in [1.54, 1.807) is 20.2 Å². The smallest absolute Gasteiger partial charge is 0.255 e. The number of phenols is 1. The van der Waals surface area contributed by atoms with Crippen LogP contribution in [0.25, 0.3) is 5.76 Å². The lowest BCUT2D eigenvalue weighted by Crippen LogP contribution is -2.65. The van der Waals surface area contributed by atoms with Gasteiger partial charge < -0.3 is 31.1 Å². The number of aromatic hydroxyl groups is 1. The number of likely N-dealkylation sites (N-methyl/N-ethyl adjacent to an activating group) is 1. The van der Waals surface area contributed by atoms with Gasteiger partial charge in [-0.15, -0.1) is 0 Å². The van der Waals surface area contributed by atoms with Crippen LogP contribution in [-0.4, -0.2) is 82.6 Å². The van der Waals surface area contributed by atoms with Crippen LogP contribution in [0.3, 0.4) is 0 Å². The number of aliphatic hydroxyl groups excluding tert-OH is 2. The topological polar surface area (TPSA) is 165 Å². The summed E-state index contributed by atoms with van der Waals surface area (Å²) in [6.45, 7) is 0. The van der Waals surface area contributed by atoms with Crippen molar-refractivity contribution in [2.24, 2.45) is 17.6 Å². The number of carbonyl (C=O) groups excluding carboxylic acids is 3. The zero-order valence-corrected chi connectivity index (χ0v) is 21.2. The molecule has 0 bridgehead atoms. The highest BCUT2D eigenvalue weighted by Gasteiger charge is 2.64. The number of anilines is 1. The van der Waals surface area contributed by atoms with Crippen molar-refractivity contribution in [3.63, 3.8) is 0 Å². The van der Waals surface area contributed by atoms with Crippen molar-refractivity contribution in [1.82, 2.24) is 4.90 Å². The third kappa shape index (κ3) is 3.09. The molecule has 10 nitrogen and oxygen atoms in total. The molecule has 1 fully saturated rings. The zero-order valence-electron chi connectivity index (χ0n) is 19.1. The molecule has 4 atom stereocenters. The van der Waals surface area contributed by atoms with Crippen LogP contribution >= 0.6 is 22.6 Å². The Hall–Kier alpha value is -2.64. The number of nitrogens with two attached hydrogens (primary N) is 1. The molecule has 182 valence electrons. The molecule has 0 spiro atoms. The molecule has 34 heavy (non-hydrogen) atoms. The van der Waals surface area contributed by atoms with Gasteiger partial charge in [0.2, 0.25) is 5.78 Å². The maximum atomic E-state index is 13.8. The fourth-order valence-corrected chi connectivity index (χ4v) is 6.22. The number of ketones is 2. The van der Waals surface area contributed by atoms with Gasteiger partial charge >= 0.3 is 0 Å². The summed E-state index contributed by atoms with van der Waals surface area (Å²) in [5, 5.41) is 44.4. The Morgan fingerprint density at radius 2 is 1.79 bits per heavy atom. The second kappa shape index (κ2) is 7.95. The van der Waals surface area contributed by atoms with Crippen LogP contribution in [0.2, 0.25) is 0 Å². The van der Waals surface area contributed by atoms with E-state index in [-0.39, 0.29) is 29.7 Å². The number of aliphatic hydroxyl groups is 3. The molecule has 0 aromatic heterocycles. The van der Waals surface area contributed by atoms with E-state index >= 15 is 0 Å². The average molecular weight is 583 g/mol. The third-order valence-electron chi connectivity index (χ3n) is 7.13. The van der Waals surface area contributed by atoms with Gasteiger partial charge in [-0.2, -0.15) is 0 Å². The molecule has 0 radical (unpaired) electrons. The molecule has 1 aromatic carbocycles. The monoisotopic (exact) mass is 583 g/mol. The summed E-state index contributed by atoms with van der Waals surface area (Å²) >= 11 is 1.92. The summed E-state index contributed by atoms with van der Waals surface area (Å²) in [7, 11) is 6.77. The van der Waals surface area contributed by atoms with Crippen LogP contribution in [0.15, 0.2) is 23.0 Å². The highest BCUT2D eigenvalue weighted by atomic mass is 127. The minimum Gasteiger partial charge on any atom is -0.508 e. The van der Waals surface area contributed by atoms with Gasteiger partial charge in [-0.25, -0.2) is 0 Å². The lowest BCUT2D eigenvalue weighted by Gasteiger charge is -2.50. The number of halogens is 1. The largest absolute Gasteiger partial charge is 0.508 e. The second-order valence-corrected chi connectivity index (χ2v) is 10.6. The lowest BCUT2D eigenvalue weighted by molar-refractivity contribution is -0.153. The number of fused-ring (bicyclic) bond motifs is 3. The van der Waals surface area contributed by atoms with E-state index in [0.29, 0.717) is 9.13 Å². The Kier molecular flexibility index (Phi) is 5.73. The summed E-state index contributed by atoms with van der Waals surface area (Å²) in [6, 6.07) is 0.671. The normalized spacial score (nSPS) is 28.6. The van der Waals surface area contributed by atoms with Gasteiger partial charge in [0.05, 0.1) is 15.2 Å². The number of primary amides is 1. The van der Waals surface area contributed by atoms with Gasteiger partial charge in [0, 0.05) is 31.3 Å². The van der Waals surface area contributed by atoms with Crippen molar-refractivity contribution in [1.29, 1.82) is 0 Å². The maximum Gasteiger partial charge on any atom is 0.255 e. The number of nitrogens with zero attached hydrogens (tertiary/aromatic N) is 2. The summed E-state index contributed by atoms with van der Waals surface area (Å²) in [5.74, 6) is -6.52. The first kappa shape index (κ1) is 24.5. The fraction of sp³-hybridized carbons (Fsp3) is 0.435. The summed E-state index contributed by atoms with van der Waals surface area (Å²) in [6.07, 6.45) is 0.317. The fourth-order valence-electron chi connectivity index (χ4n) is 5.66. The Balaban J connectivity index is 2.01. The number of benzene rings is 1. The molecular formula is C23H26IN3O7. The summed E-state index contributed by atoms with van der Waals surface area (Å²) < 4.78 is 0.459. The van der Waals surface area contributed by atoms with Gasteiger partial charge in [-0.05, 0) is 67.1 Å². The van der Waals surface area contributed by atoms with Crippen LogP contribution in [0.1, 0.15) is 17.5 Å². The van der Waals surface area contributed by atoms with E-state index in [2.05, 4.69) is 0 Å². The number of carbonyl (C=O) groups is 3. The number of amides is 1. The molecule has 1 saturated carbocycles. The number of phenolic OH excluding ortho intramolecular Hbond substituents is 1. The van der Waals surface area contributed by atoms with Crippen molar-refractivity contribution in [3.05, 3.63) is 37.7 Å². The molecule has 0 unspecified atom stereocenters. The van der Waals surface area contributed by atoms with E-state index in [1.165, 1.54) is 4.90 Å². The predicted molar refractivity (Wildman–Crippen MR) is 131 cm³/mol. The predicted octanol–water partition coefficient (Wildman–Crippen LogP) is 0.635. The van der Waals surface area contributed by atoms with E-state index in [9.17, 15) is 34.8 Å². The van der Waals surface area contributed by atoms with Crippen LogP contribution in [0.4, 0.5) is 5.69 Å². The van der Waals surface area contributed by atoms with E-state index in [4.69, 9.17) is 5.73 Å². The molecule has 1 amide bonds. The first-order valence-corrected chi connectivity index (χ1v) is 11.7. The van der Waals surface area contributed by atoms with Crippen LogP contribution in [0.5, 0.6) is 5.75 Å². The first-order chi connectivity index (χ1) is 15.7. The lowest BCUT2D eigenvalue weighted by atomic mass is 9.57. The molecule has 1 aromatic rings. The quantitative estimate of drug-likeness (QED) is 0.254. The highest BCUT2D eigenvalue weighted by Crippen LogP contribution is 2.54. The maximum absolute atomic E-state index is 13.8. The minimum absolute atomic E-state index is 0.0609. The van der Waals surface area contributed by atoms with E-state index in [0.717, 1.165) is 5.69 Å². The second-order valence-electron chi connectivity index (χ2n) is 9.44. The molecule has 0 saturated heterocycles. The van der Waals surface area contributed by atoms with Gasteiger partial charge in [-0.1, -0.05) is 0 Å². The van der Waals surface area contributed by atoms with Gasteiger partial charge in [-0.3, -0.25) is 19.3 Å². The highest BCUT2D eigenvalue weighted by molar-refractivity contribution is 14.1. The number of hydrogen-bond acceptors (Lipinski definition) is 9. The minimum atomic E-state index is -2.63. The first-order valence-electron chi connectivity index (χ1n) is 10.6. The number of rotatable bonds is 3. The number of hydrogen-bond donors (Lipinski definition) is 5. The van der Waals surface area contributed by atoms with Crippen molar-refractivity contribution >= 4 is 51.5 Å².